The molecule has 0 aliphatic heterocycles. The molecule has 5 heteroatoms. The van der Waals surface area contributed by atoms with Crippen LogP contribution in [0.3, 0.4) is 0 Å². The lowest BCUT2D eigenvalue weighted by atomic mass is 10.2. The van der Waals surface area contributed by atoms with Crippen molar-refractivity contribution >= 4 is 22.9 Å². The van der Waals surface area contributed by atoms with Crippen LogP contribution < -0.4 is 5.32 Å². The topological polar surface area (TPSA) is 29.9 Å². The van der Waals surface area contributed by atoms with Gasteiger partial charge in [-0.3, -0.25) is 4.68 Å². The van der Waals surface area contributed by atoms with Gasteiger partial charge in [0.15, 0.2) is 0 Å². The van der Waals surface area contributed by atoms with E-state index in [9.17, 15) is 0 Å². The predicted molar refractivity (Wildman–Crippen MR) is 67.8 cm³/mol. The molecule has 1 atom stereocenters. The van der Waals surface area contributed by atoms with Gasteiger partial charge in [0.1, 0.15) is 0 Å². The van der Waals surface area contributed by atoms with Gasteiger partial charge in [-0.25, -0.2) is 0 Å². The van der Waals surface area contributed by atoms with Gasteiger partial charge in [0.25, 0.3) is 0 Å². The Balaban J connectivity index is 1.91. The molecule has 0 spiro atoms. The van der Waals surface area contributed by atoms with Crippen LogP contribution in [0, 0.1) is 0 Å². The van der Waals surface area contributed by atoms with E-state index < -0.39 is 0 Å². The summed E-state index contributed by atoms with van der Waals surface area (Å²) in [4.78, 5) is 1.26. The molecule has 2 aromatic heterocycles. The fourth-order valence-corrected chi connectivity index (χ4v) is 2.58. The third kappa shape index (κ3) is 2.84. The molecule has 1 unspecified atom stereocenters. The van der Waals surface area contributed by atoms with Crippen molar-refractivity contribution in [1.29, 1.82) is 0 Å². The average Bonchev–Trinajstić information content (AvgIpc) is 2.84. The molecule has 0 radical (unpaired) electrons. The maximum absolute atomic E-state index is 5.90. The Morgan fingerprint density at radius 1 is 1.56 bits per heavy atom. The van der Waals surface area contributed by atoms with Gasteiger partial charge in [-0.1, -0.05) is 11.6 Å². The SMILES string of the molecule is CC(NCc1cnn(C)c1)c1ccc(Cl)s1. The number of nitrogens with one attached hydrogen (secondary N) is 1. The van der Waals surface area contributed by atoms with Crippen molar-refractivity contribution < 1.29 is 0 Å². The van der Waals surface area contributed by atoms with Gasteiger partial charge in [-0.15, -0.1) is 11.3 Å². The number of hydrogen-bond donors (Lipinski definition) is 1. The first-order valence-electron chi connectivity index (χ1n) is 5.11. The van der Waals surface area contributed by atoms with Crippen LogP contribution in [-0.2, 0) is 13.6 Å². The van der Waals surface area contributed by atoms with Crippen molar-refractivity contribution in [3.63, 3.8) is 0 Å². The Kier molecular flexibility index (Phi) is 3.63. The first-order chi connectivity index (χ1) is 7.65. The summed E-state index contributed by atoms with van der Waals surface area (Å²) in [6.07, 6.45) is 3.89. The molecule has 2 aromatic rings. The van der Waals surface area contributed by atoms with Crippen LogP contribution in [-0.4, -0.2) is 9.78 Å². The van der Waals surface area contributed by atoms with Gasteiger partial charge in [0, 0.05) is 36.3 Å². The van der Waals surface area contributed by atoms with Crippen molar-refractivity contribution in [2.75, 3.05) is 0 Å². The highest BCUT2D eigenvalue weighted by Crippen LogP contribution is 2.26. The van der Waals surface area contributed by atoms with E-state index >= 15 is 0 Å². The molecule has 0 bridgehead atoms. The number of rotatable bonds is 4. The van der Waals surface area contributed by atoms with E-state index in [0.29, 0.717) is 6.04 Å². The molecule has 0 amide bonds. The second-order valence-corrected chi connectivity index (χ2v) is 5.51. The molecular formula is C11H14ClN3S. The molecular weight excluding hydrogens is 242 g/mol. The monoisotopic (exact) mass is 255 g/mol. The summed E-state index contributed by atoms with van der Waals surface area (Å²) < 4.78 is 2.65. The van der Waals surface area contributed by atoms with Gasteiger partial charge in [-0.05, 0) is 19.1 Å². The van der Waals surface area contributed by atoms with E-state index in [4.69, 9.17) is 11.6 Å². The summed E-state index contributed by atoms with van der Waals surface area (Å²) in [5.41, 5.74) is 1.19. The summed E-state index contributed by atoms with van der Waals surface area (Å²) in [6.45, 7) is 2.96. The highest BCUT2D eigenvalue weighted by atomic mass is 35.5. The Labute approximate surface area is 104 Å². The Hall–Kier alpha value is -0.840. The first kappa shape index (κ1) is 11.6. The molecule has 0 saturated heterocycles. The second kappa shape index (κ2) is 4.99. The van der Waals surface area contributed by atoms with E-state index in [1.54, 1.807) is 11.3 Å². The van der Waals surface area contributed by atoms with Gasteiger partial charge in [0.05, 0.1) is 10.5 Å². The molecule has 86 valence electrons. The number of aromatic nitrogens is 2. The summed E-state index contributed by atoms with van der Waals surface area (Å²) in [6, 6.07) is 4.32. The number of nitrogens with zero attached hydrogens (tertiary/aromatic N) is 2. The molecule has 0 aliphatic carbocycles. The zero-order valence-electron chi connectivity index (χ0n) is 9.27. The Morgan fingerprint density at radius 3 is 2.94 bits per heavy atom. The lowest BCUT2D eigenvalue weighted by molar-refractivity contribution is 0.582. The minimum Gasteiger partial charge on any atom is -0.305 e. The van der Waals surface area contributed by atoms with E-state index in [0.717, 1.165) is 10.9 Å². The lowest BCUT2D eigenvalue weighted by Crippen LogP contribution is -2.16. The number of halogens is 1. The van der Waals surface area contributed by atoms with E-state index in [2.05, 4.69) is 23.4 Å². The Bertz CT molecular complexity index is 463. The summed E-state index contributed by atoms with van der Waals surface area (Å²) >= 11 is 7.52. The maximum atomic E-state index is 5.90. The van der Waals surface area contributed by atoms with E-state index in [1.807, 2.05) is 30.2 Å². The largest absolute Gasteiger partial charge is 0.305 e. The van der Waals surface area contributed by atoms with Crippen molar-refractivity contribution in [2.45, 2.75) is 19.5 Å². The smallest absolute Gasteiger partial charge is 0.0931 e. The molecule has 0 fully saturated rings. The third-order valence-electron chi connectivity index (χ3n) is 2.39. The second-order valence-electron chi connectivity index (χ2n) is 3.77. The number of hydrogen-bond acceptors (Lipinski definition) is 3. The summed E-state index contributed by atoms with van der Waals surface area (Å²) in [7, 11) is 1.92. The minimum atomic E-state index is 0.317. The van der Waals surface area contributed by atoms with Crippen molar-refractivity contribution in [3.8, 4) is 0 Å². The molecule has 1 N–H and O–H groups in total. The predicted octanol–water partition coefficient (Wildman–Crippen LogP) is 2.99. The summed E-state index contributed by atoms with van der Waals surface area (Å²) in [5.74, 6) is 0. The van der Waals surface area contributed by atoms with E-state index in [-0.39, 0.29) is 0 Å². The standard InChI is InChI=1S/C11H14ClN3S/c1-8(10-3-4-11(12)16-10)13-5-9-6-14-15(2)7-9/h3-4,6-8,13H,5H2,1-2H3. The Morgan fingerprint density at radius 2 is 2.38 bits per heavy atom. The van der Waals surface area contributed by atoms with Crippen LogP contribution in [0.1, 0.15) is 23.4 Å². The molecule has 16 heavy (non-hydrogen) atoms. The fourth-order valence-electron chi connectivity index (χ4n) is 1.50. The van der Waals surface area contributed by atoms with Gasteiger partial charge < -0.3 is 5.32 Å². The van der Waals surface area contributed by atoms with Crippen LogP contribution >= 0.6 is 22.9 Å². The van der Waals surface area contributed by atoms with Gasteiger partial charge in [-0.2, -0.15) is 5.10 Å². The van der Waals surface area contributed by atoms with Gasteiger partial charge >= 0.3 is 0 Å². The highest BCUT2D eigenvalue weighted by Gasteiger charge is 2.07. The van der Waals surface area contributed by atoms with Crippen LogP contribution in [0.25, 0.3) is 0 Å². The highest BCUT2D eigenvalue weighted by molar-refractivity contribution is 7.16. The molecule has 0 aromatic carbocycles. The molecule has 2 heterocycles. The number of aryl methyl sites for hydroxylation is 1. The van der Waals surface area contributed by atoms with Crippen molar-refractivity contribution in [3.05, 3.63) is 39.3 Å². The van der Waals surface area contributed by atoms with Crippen LogP contribution in [0.4, 0.5) is 0 Å². The van der Waals surface area contributed by atoms with Crippen LogP contribution in [0.15, 0.2) is 24.5 Å². The first-order valence-corrected chi connectivity index (χ1v) is 6.31. The normalized spacial score (nSPS) is 12.9. The molecule has 0 aliphatic rings. The summed E-state index contributed by atoms with van der Waals surface area (Å²) in [5, 5.41) is 7.57. The fraction of sp³-hybridized carbons (Fsp3) is 0.364. The van der Waals surface area contributed by atoms with Crippen LogP contribution in [0.5, 0.6) is 0 Å². The molecule has 0 saturated carbocycles. The average molecular weight is 256 g/mol. The van der Waals surface area contributed by atoms with Gasteiger partial charge in [0.2, 0.25) is 0 Å². The van der Waals surface area contributed by atoms with Crippen molar-refractivity contribution in [2.24, 2.45) is 7.05 Å². The number of thiophene rings is 1. The van der Waals surface area contributed by atoms with Crippen molar-refractivity contribution in [1.82, 2.24) is 15.1 Å². The maximum Gasteiger partial charge on any atom is 0.0931 e. The lowest BCUT2D eigenvalue weighted by Gasteiger charge is -2.10. The zero-order chi connectivity index (χ0) is 11.5. The zero-order valence-corrected chi connectivity index (χ0v) is 10.8. The molecule has 2 rings (SSSR count). The molecule has 3 nitrogen and oxygen atoms in total. The quantitative estimate of drug-likeness (QED) is 0.910. The van der Waals surface area contributed by atoms with Crippen LogP contribution in [0.2, 0.25) is 4.34 Å². The minimum absolute atomic E-state index is 0.317. The third-order valence-corrected chi connectivity index (χ3v) is 3.81. The van der Waals surface area contributed by atoms with E-state index in [1.165, 1.54) is 10.4 Å².